The Bertz CT molecular complexity index is 796. The summed E-state index contributed by atoms with van der Waals surface area (Å²) in [4.78, 5) is 28.4. The Morgan fingerprint density at radius 1 is 1.36 bits per heavy atom. The van der Waals surface area contributed by atoms with Crippen LogP contribution >= 0.6 is 11.6 Å². The van der Waals surface area contributed by atoms with Crippen LogP contribution in [0.1, 0.15) is 19.8 Å². The molecule has 136 valence electrons. The summed E-state index contributed by atoms with van der Waals surface area (Å²) in [5, 5.41) is 0.471. The van der Waals surface area contributed by atoms with Crippen LogP contribution in [0.3, 0.4) is 0 Å². The van der Waals surface area contributed by atoms with E-state index in [9.17, 15) is 18.0 Å². The minimum Gasteiger partial charge on any atom is -0.339 e. The minimum atomic E-state index is -3.07. The highest BCUT2D eigenvalue weighted by Gasteiger charge is 2.41. The molecule has 3 rings (SSSR count). The van der Waals surface area contributed by atoms with Gasteiger partial charge in [0.05, 0.1) is 28.1 Å². The summed E-state index contributed by atoms with van der Waals surface area (Å²) in [7, 11) is -3.07. The molecule has 1 aromatic carbocycles. The summed E-state index contributed by atoms with van der Waals surface area (Å²) < 4.78 is 23.4. The first-order valence-electron chi connectivity index (χ1n) is 8.38. The molecule has 2 atom stereocenters. The molecule has 2 amide bonds. The van der Waals surface area contributed by atoms with Gasteiger partial charge in [-0.15, -0.1) is 0 Å². The van der Waals surface area contributed by atoms with Crippen molar-refractivity contribution in [3.8, 4) is 0 Å². The predicted octanol–water partition coefficient (Wildman–Crippen LogP) is 1.73. The molecule has 25 heavy (non-hydrogen) atoms. The Kier molecular flexibility index (Phi) is 5.06. The van der Waals surface area contributed by atoms with Crippen molar-refractivity contribution in [2.24, 2.45) is 5.92 Å². The lowest BCUT2D eigenvalue weighted by Crippen LogP contribution is -2.44. The van der Waals surface area contributed by atoms with Crippen molar-refractivity contribution in [2.75, 3.05) is 29.5 Å². The van der Waals surface area contributed by atoms with Gasteiger partial charge < -0.3 is 9.80 Å². The molecule has 6 nitrogen and oxygen atoms in total. The van der Waals surface area contributed by atoms with Crippen molar-refractivity contribution in [2.45, 2.75) is 25.8 Å². The number of carbonyl (C=O) groups excluding carboxylic acids is 2. The van der Waals surface area contributed by atoms with Gasteiger partial charge in [-0.1, -0.05) is 23.7 Å². The zero-order chi connectivity index (χ0) is 18.2. The van der Waals surface area contributed by atoms with Crippen LogP contribution in [0.15, 0.2) is 24.3 Å². The van der Waals surface area contributed by atoms with Gasteiger partial charge in [0.1, 0.15) is 0 Å². The standard InChI is InChI=1S/C17H21ClN2O4S/c1-2-19(13-7-8-25(23,24)11-13)17(22)12-9-16(21)20(10-12)15-6-4-3-5-14(15)18/h3-6,12-13H,2,7-11H2,1H3. The molecule has 2 fully saturated rings. The van der Waals surface area contributed by atoms with Crippen LogP contribution in [0.4, 0.5) is 5.69 Å². The maximum Gasteiger partial charge on any atom is 0.228 e. The van der Waals surface area contributed by atoms with Crippen molar-refractivity contribution < 1.29 is 18.0 Å². The number of carbonyl (C=O) groups is 2. The van der Waals surface area contributed by atoms with Gasteiger partial charge in [0.25, 0.3) is 0 Å². The SMILES string of the molecule is CCN(C(=O)C1CC(=O)N(c2ccccc2Cl)C1)C1CCS(=O)(=O)C1. The van der Waals surface area contributed by atoms with Gasteiger partial charge >= 0.3 is 0 Å². The van der Waals surface area contributed by atoms with Gasteiger partial charge in [-0.05, 0) is 25.5 Å². The van der Waals surface area contributed by atoms with E-state index in [4.69, 9.17) is 11.6 Å². The Morgan fingerprint density at radius 3 is 2.68 bits per heavy atom. The average molecular weight is 385 g/mol. The van der Waals surface area contributed by atoms with E-state index in [1.807, 2.05) is 6.92 Å². The van der Waals surface area contributed by atoms with Crippen molar-refractivity contribution in [3.05, 3.63) is 29.3 Å². The lowest BCUT2D eigenvalue weighted by Gasteiger charge is -2.29. The number of hydrogen-bond donors (Lipinski definition) is 0. The fraction of sp³-hybridized carbons (Fsp3) is 0.529. The monoisotopic (exact) mass is 384 g/mol. The third kappa shape index (κ3) is 3.67. The molecule has 0 aliphatic carbocycles. The third-order valence-corrected chi connectivity index (χ3v) is 6.96. The van der Waals surface area contributed by atoms with Crippen molar-refractivity contribution >= 4 is 38.9 Å². The molecule has 2 saturated heterocycles. The molecule has 2 aliphatic heterocycles. The quantitative estimate of drug-likeness (QED) is 0.792. The van der Waals surface area contributed by atoms with Crippen LogP contribution in [0, 0.1) is 5.92 Å². The highest BCUT2D eigenvalue weighted by molar-refractivity contribution is 7.91. The fourth-order valence-corrected chi connectivity index (χ4v) is 5.59. The number of benzene rings is 1. The van der Waals surface area contributed by atoms with Crippen LogP contribution in [0.25, 0.3) is 0 Å². The van der Waals surface area contributed by atoms with Crippen LogP contribution in [-0.2, 0) is 19.4 Å². The van der Waals surface area contributed by atoms with E-state index in [0.717, 1.165) is 0 Å². The molecular weight excluding hydrogens is 364 g/mol. The zero-order valence-electron chi connectivity index (χ0n) is 14.0. The summed E-state index contributed by atoms with van der Waals surface area (Å²) >= 11 is 6.17. The molecule has 2 unspecified atom stereocenters. The van der Waals surface area contributed by atoms with Gasteiger partial charge in [-0.2, -0.15) is 0 Å². The molecule has 0 aromatic heterocycles. The van der Waals surface area contributed by atoms with Crippen molar-refractivity contribution in [1.29, 1.82) is 0 Å². The number of para-hydroxylation sites is 1. The van der Waals surface area contributed by atoms with Crippen LogP contribution < -0.4 is 4.90 Å². The van der Waals surface area contributed by atoms with E-state index in [1.165, 1.54) is 0 Å². The number of nitrogens with zero attached hydrogens (tertiary/aromatic N) is 2. The first kappa shape index (κ1) is 18.2. The van der Waals surface area contributed by atoms with Gasteiger partial charge in [0.15, 0.2) is 9.84 Å². The highest BCUT2D eigenvalue weighted by atomic mass is 35.5. The van der Waals surface area contributed by atoms with Crippen LogP contribution in [-0.4, -0.2) is 55.8 Å². The zero-order valence-corrected chi connectivity index (χ0v) is 15.6. The Balaban J connectivity index is 1.75. The Hall–Kier alpha value is -1.60. The topological polar surface area (TPSA) is 74.8 Å². The Morgan fingerprint density at radius 2 is 2.08 bits per heavy atom. The van der Waals surface area contributed by atoms with Gasteiger partial charge in [0.2, 0.25) is 11.8 Å². The van der Waals surface area contributed by atoms with E-state index in [2.05, 4.69) is 0 Å². The summed E-state index contributed by atoms with van der Waals surface area (Å²) in [6.45, 7) is 2.55. The fourth-order valence-electron chi connectivity index (χ4n) is 3.63. The Labute approximate surface area is 152 Å². The molecule has 1 aromatic rings. The predicted molar refractivity (Wildman–Crippen MR) is 96.4 cm³/mol. The van der Waals surface area contributed by atoms with Gasteiger partial charge in [0, 0.05) is 25.6 Å². The van der Waals surface area contributed by atoms with E-state index in [-0.39, 0.29) is 42.3 Å². The van der Waals surface area contributed by atoms with E-state index in [0.29, 0.717) is 23.7 Å². The molecule has 2 heterocycles. The van der Waals surface area contributed by atoms with E-state index < -0.39 is 15.8 Å². The molecule has 8 heteroatoms. The molecule has 0 radical (unpaired) electrons. The lowest BCUT2D eigenvalue weighted by molar-refractivity contribution is -0.137. The summed E-state index contributed by atoms with van der Waals surface area (Å²) in [5.41, 5.74) is 0.607. The van der Waals surface area contributed by atoms with E-state index in [1.54, 1.807) is 34.1 Å². The molecule has 0 bridgehead atoms. The summed E-state index contributed by atoms with van der Waals surface area (Å²) in [6, 6.07) is 6.77. The second kappa shape index (κ2) is 6.96. The van der Waals surface area contributed by atoms with Gasteiger partial charge in [-0.25, -0.2) is 8.42 Å². The highest BCUT2D eigenvalue weighted by Crippen LogP contribution is 2.32. The van der Waals surface area contributed by atoms with Crippen LogP contribution in [0.5, 0.6) is 0 Å². The number of sulfone groups is 1. The first-order chi connectivity index (χ1) is 11.8. The van der Waals surface area contributed by atoms with Crippen molar-refractivity contribution in [3.63, 3.8) is 0 Å². The molecule has 2 aliphatic rings. The molecule has 0 N–H and O–H groups in total. The van der Waals surface area contributed by atoms with Gasteiger partial charge in [-0.3, -0.25) is 9.59 Å². The molecular formula is C17H21ClN2O4S. The normalized spacial score (nSPS) is 25.4. The second-order valence-corrected chi connectivity index (χ2v) is 9.17. The maximum atomic E-state index is 12.9. The summed E-state index contributed by atoms with van der Waals surface area (Å²) in [6.07, 6.45) is 0.594. The van der Waals surface area contributed by atoms with Crippen molar-refractivity contribution in [1.82, 2.24) is 4.90 Å². The largest absolute Gasteiger partial charge is 0.339 e. The third-order valence-electron chi connectivity index (χ3n) is 4.89. The summed E-state index contributed by atoms with van der Waals surface area (Å²) in [5.74, 6) is -0.612. The van der Waals surface area contributed by atoms with Crippen LogP contribution in [0.2, 0.25) is 5.02 Å². The first-order valence-corrected chi connectivity index (χ1v) is 10.6. The smallest absolute Gasteiger partial charge is 0.228 e. The average Bonchev–Trinajstić information content (AvgIpc) is 3.11. The number of hydrogen-bond acceptors (Lipinski definition) is 4. The minimum absolute atomic E-state index is 0.0154. The second-order valence-electron chi connectivity index (χ2n) is 6.54. The van der Waals surface area contributed by atoms with E-state index >= 15 is 0 Å². The maximum absolute atomic E-state index is 12.9. The number of rotatable bonds is 4. The number of amides is 2. The number of halogens is 1. The lowest BCUT2D eigenvalue weighted by atomic mass is 10.1. The number of anilines is 1. The molecule has 0 spiro atoms. The molecule has 0 saturated carbocycles.